The van der Waals surface area contributed by atoms with Crippen LogP contribution in [0.5, 0.6) is 0 Å². The zero-order valence-corrected chi connectivity index (χ0v) is 24.0. The fourth-order valence-electron chi connectivity index (χ4n) is 5.46. The number of allylic oxidation sites excluding steroid dienone is 1. The van der Waals surface area contributed by atoms with E-state index in [4.69, 9.17) is 5.41 Å². The Hall–Kier alpha value is -3.94. The number of nitrogens with one attached hydrogen (secondary N) is 4. The second kappa shape index (κ2) is 12.9. The van der Waals surface area contributed by atoms with Crippen LogP contribution in [0.2, 0.25) is 0 Å². The van der Waals surface area contributed by atoms with Gasteiger partial charge in [-0.1, -0.05) is 30.7 Å². The highest BCUT2D eigenvalue weighted by atomic mass is 16.2. The molecule has 0 saturated carbocycles. The molecule has 0 spiro atoms. The van der Waals surface area contributed by atoms with Gasteiger partial charge >= 0.3 is 0 Å². The number of aromatic nitrogens is 1. The minimum absolute atomic E-state index is 0.104. The van der Waals surface area contributed by atoms with E-state index in [-0.39, 0.29) is 23.8 Å². The lowest BCUT2D eigenvalue weighted by molar-refractivity contribution is -0.132. The van der Waals surface area contributed by atoms with Crippen LogP contribution in [0.3, 0.4) is 0 Å². The Morgan fingerprint density at radius 2 is 1.65 bits per heavy atom. The first kappa shape index (κ1) is 29.1. The summed E-state index contributed by atoms with van der Waals surface area (Å²) in [5.74, 6) is -0.919. The summed E-state index contributed by atoms with van der Waals surface area (Å²) in [6, 6.07) is 11.0. The summed E-state index contributed by atoms with van der Waals surface area (Å²) in [6.45, 7) is 5.12. The lowest BCUT2D eigenvalue weighted by atomic mass is 10.00. The van der Waals surface area contributed by atoms with E-state index < -0.39 is 12.1 Å². The molecule has 4 N–H and O–H groups in total. The van der Waals surface area contributed by atoms with Crippen LogP contribution in [0, 0.1) is 5.41 Å². The first-order chi connectivity index (χ1) is 19.1. The van der Waals surface area contributed by atoms with E-state index in [9.17, 15) is 14.4 Å². The predicted molar refractivity (Wildman–Crippen MR) is 161 cm³/mol. The van der Waals surface area contributed by atoms with Gasteiger partial charge in [0, 0.05) is 54.0 Å². The zero-order valence-electron chi connectivity index (χ0n) is 24.0. The van der Waals surface area contributed by atoms with Gasteiger partial charge in [-0.15, -0.1) is 0 Å². The average Bonchev–Trinajstić information content (AvgIpc) is 3.17. The molecule has 2 aromatic carbocycles. The number of unbranched alkanes of at least 4 members (excludes halogenated alkanes) is 1. The standard InChI is InChI=1S/C32H41N5O3/c1-20(33)9-5-8-12-27-31(39)34-21(2)10-6-7-11-23-13-15-29-25(17-23)26-18-24(14-16-30(26)37(29)4)19-28(32(40)36-27)35-22(3)38/h6-7,13-18,21,27-28,33H,5,8-12,19H2,1-4H3,(H,34,39)(H,35,38)(H,36,40)/t21-,27+,28?/m1/s1. The Kier molecular flexibility index (Phi) is 9.40. The quantitative estimate of drug-likeness (QED) is 0.209. The maximum atomic E-state index is 13.5. The normalized spacial score (nSPS) is 20.4. The summed E-state index contributed by atoms with van der Waals surface area (Å²) in [5.41, 5.74) is 4.98. The average molecular weight is 544 g/mol. The number of amides is 3. The van der Waals surface area contributed by atoms with Gasteiger partial charge in [-0.25, -0.2) is 0 Å². The van der Waals surface area contributed by atoms with Crippen LogP contribution in [-0.2, 0) is 34.3 Å². The molecule has 4 rings (SSSR count). The summed E-state index contributed by atoms with van der Waals surface area (Å²) in [7, 11) is 2.06. The third kappa shape index (κ3) is 7.17. The molecule has 1 aliphatic heterocycles. The second-order valence-electron chi connectivity index (χ2n) is 11.1. The lowest BCUT2D eigenvalue weighted by Crippen LogP contribution is -2.55. The van der Waals surface area contributed by atoms with Crippen LogP contribution >= 0.6 is 0 Å². The number of benzene rings is 2. The minimum Gasteiger partial charge on any atom is -0.352 e. The molecular formula is C32H41N5O3. The molecule has 2 heterocycles. The van der Waals surface area contributed by atoms with E-state index in [0.717, 1.165) is 40.2 Å². The Bertz CT molecular complexity index is 1450. The monoisotopic (exact) mass is 543 g/mol. The Morgan fingerprint density at radius 1 is 0.975 bits per heavy atom. The number of hydrogen-bond acceptors (Lipinski definition) is 4. The summed E-state index contributed by atoms with van der Waals surface area (Å²) in [4.78, 5) is 38.9. The number of carbonyl (C=O) groups excluding carboxylic acids is 3. The predicted octanol–water partition coefficient (Wildman–Crippen LogP) is 4.47. The molecule has 8 heteroatoms. The summed E-state index contributed by atoms with van der Waals surface area (Å²) in [5, 5.41) is 18.7. The second-order valence-corrected chi connectivity index (χ2v) is 11.1. The summed E-state index contributed by atoms with van der Waals surface area (Å²) < 4.78 is 2.18. The third-order valence-electron chi connectivity index (χ3n) is 7.59. The van der Waals surface area contributed by atoms with Gasteiger partial charge in [0.2, 0.25) is 17.7 Å². The van der Waals surface area contributed by atoms with Crippen molar-refractivity contribution >= 4 is 45.2 Å². The van der Waals surface area contributed by atoms with E-state index in [1.165, 1.54) is 12.5 Å². The number of fused-ring (bicyclic) bond motifs is 2. The molecule has 1 aliphatic rings. The van der Waals surface area contributed by atoms with Crippen molar-refractivity contribution in [2.24, 2.45) is 7.05 Å². The fraction of sp³-hybridized carbons (Fsp3) is 0.438. The van der Waals surface area contributed by atoms with Crippen molar-refractivity contribution in [1.82, 2.24) is 20.5 Å². The molecule has 0 saturated heterocycles. The molecule has 1 unspecified atom stereocenters. The Balaban J connectivity index is 1.70. The molecule has 4 bridgehead atoms. The van der Waals surface area contributed by atoms with Crippen molar-refractivity contribution in [1.29, 1.82) is 5.41 Å². The number of carbonyl (C=O) groups is 3. The van der Waals surface area contributed by atoms with E-state index in [1.807, 2.05) is 13.0 Å². The number of rotatable bonds is 6. The molecular weight excluding hydrogens is 502 g/mol. The molecule has 212 valence electrons. The van der Waals surface area contributed by atoms with Crippen LogP contribution in [0.25, 0.3) is 21.8 Å². The first-order valence-corrected chi connectivity index (χ1v) is 14.2. The van der Waals surface area contributed by atoms with Crippen LogP contribution in [-0.4, -0.2) is 46.1 Å². The minimum atomic E-state index is -0.821. The summed E-state index contributed by atoms with van der Waals surface area (Å²) in [6.07, 6.45) is 8.60. The van der Waals surface area contributed by atoms with Crippen molar-refractivity contribution < 1.29 is 14.4 Å². The van der Waals surface area contributed by atoms with Crippen LogP contribution < -0.4 is 16.0 Å². The lowest BCUT2D eigenvalue weighted by Gasteiger charge is -2.24. The van der Waals surface area contributed by atoms with Crippen LogP contribution in [0.4, 0.5) is 0 Å². The van der Waals surface area contributed by atoms with E-state index in [0.29, 0.717) is 37.8 Å². The van der Waals surface area contributed by atoms with Gasteiger partial charge in [0.15, 0.2) is 0 Å². The topological polar surface area (TPSA) is 116 Å². The maximum Gasteiger partial charge on any atom is 0.243 e. The molecule has 0 fully saturated rings. The van der Waals surface area contributed by atoms with Gasteiger partial charge in [-0.05, 0) is 81.3 Å². The maximum absolute atomic E-state index is 13.5. The number of nitrogens with zero attached hydrogens (tertiary/aromatic N) is 1. The molecule has 3 atom stereocenters. The molecule has 3 aromatic rings. The van der Waals surface area contributed by atoms with Crippen molar-refractivity contribution in [3.63, 3.8) is 0 Å². The molecule has 1 aromatic heterocycles. The zero-order chi connectivity index (χ0) is 28.8. The van der Waals surface area contributed by atoms with Crippen LogP contribution in [0.15, 0.2) is 48.6 Å². The first-order valence-electron chi connectivity index (χ1n) is 14.2. The highest BCUT2D eigenvalue weighted by molar-refractivity contribution is 6.08. The third-order valence-corrected chi connectivity index (χ3v) is 7.59. The smallest absolute Gasteiger partial charge is 0.243 e. The van der Waals surface area contributed by atoms with Gasteiger partial charge in [-0.2, -0.15) is 0 Å². The van der Waals surface area contributed by atoms with Crippen molar-refractivity contribution in [2.45, 2.75) is 83.8 Å². The molecule has 40 heavy (non-hydrogen) atoms. The van der Waals surface area contributed by atoms with E-state index >= 15 is 0 Å². The van der Waals surface area contributed by atoms with Gasteiger partial charge in [0.1, 0.15) is 12.1 Å². The fourth-order valence-corrected chi connectivity index (χ4v) is 5.46. The number of hydrogen-bond donors (Lipinski definition) is 4. The van der Waals surface area contributed by atoms with E-state index in [1.54, 1.807) is 6.92 Å². The molecule has 0 radical (unpaired) electrons. The largest absolute Gasteiger partial charge is 0.352 e. The van der Waals surface area contributed by atoms with Crippen molar-refractivity contribution in [3.05, 3.63) is 59.7 Å². The Morgan fingerprint density at radius 3 is 2.33 bits per heavy atom. The van der Waals surface area contributed by atoms with Crippen molar-refractivity contribution in [3.8, 4) is 0 Å². The molecule has 3 amide bonds. The van der Waals surface area contributed by atoms with Gasteiger partial charge in [-0.3, -0.25) is 14.4 Å². The summed E-state index contributed by atoms with van der Waals surface area (Å²) >= 11 is 0. The SMILES string of the molecule is CC(=N)CCCC[C@@H]1NC(=O)C(NC(C)=O)Cc2ccc3c(c2)c2cc(ccc2n3C)CC=CC[C@@H](C)NC1=O. The van der Waals surface area contributed by atoms with Gasteiger partial charge in [0.05, 0.1) is 0 Å². The number of aryl methyl sites for hydroxylation is 1. The van der Waals surface area contributed by atoms with E-state index in [2.05, 4.69) is 70.0 Å². The molecule has 0 aliphatic carbocycles. The van der Waals surface area contributed by atoms with Gasteiger partial charge < -0.3 is 25.9 Å². The highest BCUT2D eigenvalue weighted by Crippen LogP contribution is 2.30. The highest BCUT2D eigenvalue weighted by Gasteiger charge is 2.27. The Labute approximate surface area is 236 Å². The van der Waals surface area contributed by atoms with Crippen molar-refractivity contribution in [2.75, 3.05) is 0 Å². The van der Waals surface area contributed by atoms with Gasteiger partial charge in [0.25, 0.3) is 0 Å². The van der Waals surface area contributed by atoms with Crippen LogP contribution in [0.1, 0.15) is 64.0 Å². The molecule has 8 nitrogen and oxygen atoms in total.